The fourth-order valence-electron chi connectivity index (χ4n) is 9.06. The van der Waals surface area contributed by atoms with Crippen LogP contribution in [-0.2, 0) is 0 Å². The number of nitrogens with zero attached hydrogens (tertiary/aromatic N) is 2. The molecule has 0 atom stereocenters. The Bertz CT molecular complexity index is 3810. The van der Waals surface area contributed by atoms with Crippen molar-refractivity contribution in [3.05, 3.63) is 194 Å². The highest BCUT2D eigenvalue weighted by atomic mass is 32.1. The predicted molar refractivity (Wildman–Crippen MR) is 267 cm³/mol. The van der Waals surface area contributed by atoms with Gasteiger partial charge in [-0.05, 0) is 109 Å². The molecule has 6 heteroatoms. The Balaban J connectivity index is 0.967. The Morgan fingerprint density at radius 2 is 0.500 bits per heavy atom. The summed E-state index contributed by atoms with van der Waals surface area (Å²) in [5, 5.41) is 10.4. The number of fused-ring (bicyclic) bond motifs is 12. The Morgan fingerprint density at radius 1 is 0.200 bits per heavy atom. The molecule has 0 aliphatic rings. The molecule has 0 radical (unpaired) electrons. The van der Waals surface area contributed by atoms with E-state index in [1.54, 1.807) is 0 Å². The third kappa shape index (κ3) is 5.42. The van der Waals surface area contributed by atoms with Crippen molar-refractivity contribution < 1.29 is 0 Å². The van der Waals surface area contributed by atoms with Crippen LogP contribution in [-0.4, -0.2) is 0 Å². The number of thiophene rings is 4. The van der Waals surface area contributed by atoms with Crippen LogP contribution in [0.3, 0.4) is 0 Å². The number of rotatable bonds is 6. The summed E-state index contributed by atoms with van der Waals surface area (Å²) in [5.41, 5.74) is 6.90. The van der Waals surface area contributed by atoms with Gasteiger partial charge in [0, 0.05) is 115 Å². The lowest BCUT2D eigenvalue weighted by molar-refractivity contribution is 1.30. The summed E-state index contributed by atoms with van der Waals surface area (Å²) in [6, 6.07) is 72.0. The monoisotopic (exact) mass is 836 g/mol. The zero-order valence-corrected chi connectivity index (χ0v) is 35.3. The molecule has 0 amide bonds. The van der Waals surface area contributed by atoms with E-state index in [2.05, 4.69) is 204 Å². The summed E-state index contributed by atoms with van der Waals surface area (Å²) in [7, 11) is 0. The Kier molecular flexibility index (Phi) is 7.72. The van der Waals surface area contributed by atoms with Crippen LogP contribution in [0, 0.1) is 0 Å². The first-order chi connectivity index (χ1) is 29.7. The van der Waals surface area contributed by atoms with Crippen molar-refractivity contribution >= 4 is 160 Å². The van der Waals surface area contributed by atoms with Crippen molar-refractivity contribution in [3.63, 3.8) is 0 Å². The summed E-state index contributed by atoms with van der Waals surface area (Å²) in [6.07, 6.45) is 0. The van der Waals surface area contributed by atoms with Crippen LogP contribution in [0.15, 0.2) is 194 Å². The number of anilines is 6. The number of hydrogen-bond acceptors (Lipinski definition) is 6. The molecule has 0 saturated heterocycles. The van der Waals surface area contributed by atoms with Crippen LogP contribution in [0.5, 0.6) is 0 Å². The van der Waals surface area contributed by atoms with Gasteiger partial charge in [0.2, 0.25) is 0 Å². The molecule has 13 rings (SSSR count). The quantitative estimate of drug-likeness (QED) is 0.165. The standard InChI is InChI=1S/C54H32N2S4/c1-2-10-33(11-3-1)55(34-20-25-50-44(28-34)40-13-5-8-16-48(40)57-50)35-21-27-52-46(29-35)43-24-19-38(32-54(43)60-52)56(36-22-26-51-45(30-36)41-14-6-9-17-49(41)58-51)37-18-23-42-39-12-4-7-15-47(39)59-53(42)31-37/h1-32H. The second kappa shape index (κ2) is 13.5. The van der Waals surface area contributed by atoms with Crippen LogP contribution >= 0.6 is 45.3 Å². The van der Waals surface area contributed by atoms with E-state index in [1.165, 1.54) is 80.7 Å². The number of benzene rings is 9. The largest absolute Gasteiger partial charge is 0.310 e. The molecule has 0 aliphatic heterocycles. The van der Waals surface area contributed by atoms with Crippen molar-refractivity contribution in [2.75, 3.05) is 9.80 Å². The van der Waals surface area contributed by atoms with Crippen molar-refractivity contribution in [2.45, 2.75) is 0 Å². The summed E-state index contributed by atoms with van der Waals surface area (Å²) >= 11 is 7.47. The zero-order chi connectivity index (χ0) is 39.3. The highest BCUT2D eigenvalue weighted by Gasteiger charge is 2.20. The Labute approximate surface area is 361 Å². The minimum Gasteiger partial charge on any atom is -0.310 e. The molecule has 0 fully saturated rings. The second-order valence-corrected chi connectivity index (χ2v) is 19.6. The number of para-hydroxylation sites is 1. The third-order valence-electron chi connectivity index (χ3n) is 11.8. The molecule has 282 valence electrons. The lowest BCUT2D eigenvalue weighted by Crippen LogP contribution is -2.09. The van der Waals surface area contributed by atoms with Gasteiger partial charge in [-0.2, -0.15) is 0 Å². The predicted octanol–water partition coefficient (Wildman–Crippen LogP) is 18.1. The molecule has 0 unspecified atom stereocenters. The van der Waals surface area contributed by atoms with Crippen LogP contribution < -0.4 is 9.80 Å². The van der Waals surface area contributed by atoms with E-state index in [4.69, 9.17) is 0 Å². The molecular weight excluding hydrogens is 805 g/mol. The van der Waals surface area contributed by atoms with E-state index >= 15 is 0 Å². The number of hydrogen-bond donors (Lipinski definition) is 0. The van der Waals surface area contributed by atoms with Gasteiger partial charge in [-0.15, -0.1) is 45.3 Å². The van der Waals surface area contributed by atoms with Gasteiger partial charge in [0.05, 0.1) is 0 Å². The van der Waals surface area contributed by atoms with Crippen molar-refractivity contribution in [1.82, 2.24) is 0 Å². The Hall–Kier alpha value is -6.54. The molecule has 0 bridgehead atoms. The minimum absolute atomic E-state index is 1.14. The van der Waals surface area contributed by atoms with E-state index in [0.717, 1.165) is 34.1 Å². The van der Waals surface area contributed by atoms with Gasteiger partial charge >= 0.3 is 0 Å². The van der Waals surface area contributed by atoms with E-state index in [1.807, 2.05) is 45.3 Å². The van der Waals surface area contributed by atoms with E-state index < -0.39 is 0 Å². The maximum Gasteiger partial charge on any atom is 0.0476 e. The Morgan fingerprint density at radius 3 is 0.967 bits per heavy atom. The van der Waals surface area contributed by atoms with Gasteiger partial charge < -0.3 is 9.80 Å². The fourth-order valence-corrected chi connectivity index (χ4v) is 13.5. The van der Waals surface area contributed by atoms with Gasteiger partial charge in [0.15, 0.2) is 0 Å². The third-order valence-corrected chi connectivity index (χ3v) is 16.4. The molecule has 60 heavy (non-hydrogen) atoms. The van der Waals surface area contributed by atoms with Crippen LogP contribution in [0.1, 0.15) is 0 Å². The van der Waals surface area contributed by atoms with E-state index in [0.29, 0.717) is 0 Å². The molecule has 0 spiro atoms. The first kappa shape index (κ1) is 34.3. The first-order valence-electron chi connectivity index (χ1n) is 20.1. The summed E-state index contributed by atoms with van der Waals surface area (Å²) in [6.45, 7) is 0. The maximum atomic E-state index is 2.45. The van der Waals surface area contributed by atoms with Gasteiger partial charge in [0.25, 0.3) is 0 Å². The van der Waals surface area contributed by atoms with Gasteiger partial charge in [-0.25, -0.2) is 0 Å². The van der Waals surface area contributed by atoms with Gasteiger partial charge in [-0.3, -0.25) is 0 Å². The SMILES string of the molecule is c1ccc(N(c2ccc3sc4ccccc4c3c2)c2ccc3sc4cc(N(c5ccc6c(c5)sc5ccccc56)c5ccc6sc7ccccc7c6c5)ccc4c3c2)cc1. The second-order valence-electron chi connectivity index (χ2n) is 15.3. The van der Waals surface area contributed by atoms with E-state index in [9.17, 15) is 0 Å². The van der Waals surface area contributed by atoms with Crippen LogP contribution in [0.2, 0.25) is 0 Å². The van der Waals surface area contributed by atoms with Crippen LogP contribution in [0.25, 0.3) is 80.7 Å². The van der Waals surface area contributed by atoms with Crippen molar-refractivity contribution in [1.29, 1.82) is 0 Å². The average Bonchev–Trinajstić information content (AvgIpc) is 4.06. The lowest BCUT2D eigenvalue weighted by Gasteiger charge is -2.26. The normalized spacial score (nSPS) is 12.0. The summed E-state index contributed by atoms with van der Waals surface area (Å²) in [5.74, 6) is 0. The van der Waals surface area contributed by atoms with Crippen LogP contribution in [0.4, 0.5) is 34.1 Å². The van der Waals surface area contributed by atoms with E-state index in [-0.39, 0.29) is 0 Å². The van der Waals surface area contributed by atoms with Crippen molar-refractivity contribution in [3.8, 4) is 0 Å². The topological polar surface area (TPSA) is 6.48 Å². The molecule has 0 saturated carbocycles. The maximum absolute atomic E-state index is 2.45. The van der Waals surface area contributed by atoms with Gasteiger partial charge in [0.1, 0.15) is 0 Å². The highest BCUT2D eigenvalue weighted by Crippen LogP contribution is 2.47. The molecular formula is C54H32N2S4. The molecule has 0 N–H and O–H groups in total. The smallest absolute Gasteiger partial charge is 0.0476 e. The lowest BCUT2D eigenvalue weighted by atomic mass is 10.1. The van der Waals surface area contributed by atoms with Crippen molar-refractivity contribution in [2.24, 2.45) is 0 Å². The summed E-state index contributed by atoms with van der Waals surface area (Å²) < 4.78 is 10.4. The highest BCUT2D eigenvalue weighted by molar-refractivity contribution is 7.27. The molecule has 0 aliphatic carbocycles. The molecule has 2 nitrogen and oxygen atoms in total. The minimum atomic E-state index is 1.14. The van der Waals surface area contributed by atoms with Gasteiger partial charge in [-0.1, -0.05) is 84.9 Å². The molecule has 4 heterocycles. The zero-order valence-electron chi connectivity index (χ0n) is 32.0. The average molecular weight is 837 g/mol. The molecule has 9 aromatic carbocycles. The molecule has 4 aromatic heterocycles. The fraction of sp³-hybridized carbons (Fsp3) is 0. The first-order valence-corrected chi connectivity index (χ1v) is 23.3. The molecule has 13 aromatic rings. The summed E-state index contributed by atoms with van der Waals surface area (Å²) in [4.78, 5) is 4.85.